The molecule has 0 aromatic heterocycles. The molecule has 1 heterocycles. The Morgan fingerprint density at radius 3 is 2.67 bits per heavy atom. The van der Waals surface area contributed by atoms with Crippen LogP contribution >= 0.6 is 0 Å². The van der Waals surface area contributed by atoms with Gasteiger partial charge in [-0.2, -0.15) is 0 Å². The summed E-state index contributed by atoms with van der Waals surface area (Å²) in [7, 11) is 0. The second kappa shape index (κ2) is 5.83. The maximum atomic E-state index is 10.4. The third-order valence-corrected chi connectivity index (χ3v) is 3.61. The first kappa shape index (κ1) is 13.5. The average molecular weight is 249 g/mol. The molecule has 0 radical (unpaired) electrons. The first-order valence-corrected chi connectivity index (χ1v) is 6.69. The van der Waals surface area contributed by atoms with Gasteiger partial charge in [0.1, 0.15) is 0 Å². The Morgan fingerprint density at radius 1 is 1.28 bits per heavy atom. The molecule has 0 amide bonds. The fourth-order valence-corrected chi connectivity index (χ4v) is 2.61. The number of ether oxygens (including phenoxy) is 1. The van der Waals surface area contributed by atoms with Crippen molar-refractivity contribution in [2.45, 2.75) is 39.6 Å². The quantitative estimate of drug-likeness (QED) is 0.842. The summed E-state index contributed by atoms with van der Waals surface area (Å²) in [5.74, 6) is 0.677. The SMILES string of the molecule is CC(C)CC(CN)C(O)c1ccc2c(c1)COC2. The van der Waals surface area contributed by atoms with Crippen LogP contribution in [0.4, 0.5) is 0 Å². The van der Waals surface area contributed by atoms with E-state index in [9.17, 15) is 5.11 Å². The molecule has 100 valence electrons. The molecule has 2 unspecified atom stereocenters. The monoisotopic (exact) mass is 249 g/mol. The highest BCUT2D eigenvalue weighted by atomic mass is 16.5. The predicted octanol–water partition coefficient (Wildman–Crippen LogP) is 2.37. The van der Waals surface area contributed by atoms with Crippen molar-refractivity contribution < 1.29 is 9.84 Å². The van der Waals surface area contributed by atoms with Crippen LogP contribution in [0.2, 0.25) is 0 Å². The number of hydrogen-bond acceptors (Lipinski definition) is 3. The van der Waals surface area contributed by atoms with Gasteiger partial charge in [-0.3, -0.25) is 0 Å². The van der Waals surface area contributed by atoms with Crippen molar-refractivity contribution in [3.05, 3.63) is 34.9 Å². The van der Waals surface area contributed by atoms with E-state index < -0.39 is 6.10 Å². The Bertz CT molecular complexity index is 403. The van der Waals surface area contributed by atoms with E-state index in [1.165, 1.54) is 11.1 Å². The van der Waals surface area contributed by atoms with E-state index in [1.54, 1.807) is 0 Å². The largest absolute Gasteiger partial charge is 0.388 e. The van der Waals surface area contributed by atoms with Gasteiger partial charge < -0.3 is 15.6 Å². The van der Waals surface area contributed by atoms with E-state index in [4.69, 9.17) is 10.5 Å². The van der Waals surface area contributed by atoms with Crippen LogP contribution in [0.15, 0.2) is 18.2 Å². The Kier molecular flexibility index (Phi) is 4.38. The van der Waals surface area contributed by atoms with E-state index in [-0.39, 0.29) is 5.92 Å². The highest BCUT2D eigenvalue weighted by Crippen LogP contribution is 2.30. The lowest BCUT2D eigenvalue weighted by Crippen LogP contribution is -2.23. The minimum atomic E-state index is -0.469. The van der Waals surface area contributed by atoms with E-state index in [1.807, 2.05) is 6.07 Å². The number of nitrogens with two attached hydrogens (primary N) is 1. The molecular weight excluding hydrogens is 226 g/mol. The second-order valence-corrected chi connectivity index (χ2v) is 5.59. The first-order valence-electron chi connectivity index (χ1n) is 6.69. The van der Waals surface area contributed by atoms with E-state index >= 15 is 0 Å². The standard InChI is InChI=1S/C15H23NO2/c1-10(2)5-13(7-16)15(17)11-3-4-12-8-18-9-14(12)6-11/h3-4,6,10,13,15,17H,5,7-9,16H2,1-2H3. The number of rotatable bonds is 5. The zero-order valence-corrected chi connectivity index (χ0v) is 11.2. The summed E-state index contributed by atoms with van der Waals surface area (Å²) in [6, 6.07) is 6.13. The molecule has 1 aromatic carbocycles. The Labute approximate surface area is 109 Å². The lowest BCUT2D eigenvalue weighted by atomic mass is 9.87. The molecule has 18 heavy (non-hydrogen) atoms. The minimum Gasteiger partial charge on any atom is -0.388 e. The van der Waals surface area contributed by atoms with Gasteiger partial charge in [-0.15, -0.1) is 0 Å². The molecule has 3 N–H and O–H groups in total. The molecule has 1 aromatic rings. The third kappa shape index (κ3) is 2.91. The van der Waals surface area contributed by atoms with Gasteiger partial charge in [0.05, 0.1) is 19.3 Å². The number of hydrogen-bond donors (Lipinski definition) is 2. The van der Waals surface area contributed by atoms with Crippen LogP contribution < -0.4 is 5.73 Å². The average Bonchev–Trinajstić information content (AvgIpc) is 2.81. The van der Waals surface area contributed by atoms with Crippen molar-refractivity contribution in [3.63, 3.8) is 0 Å². The molecule has 0 aliphatic carbocycles. The van der Waals surface area contributed by atoms with Crippen molar-refractivity contribution in [1.29, 1.82) is 0 Å². The fraction of sp³-hybridized carbons (Fsp3) is 0.600. The normalized spacial score (nSPS) is 17.8. The third-order valence-electron chi connectivity index (χ3n) is 3.61. The molecule has 3 heteroatoms. The van der Waals surface area contributed by atoms with Gasteiger partial charge >= 0.3 is 0 Å². The maximum Gasteiger partial charge on any atom is 0.0830 e. The van der Waals surface area contributed by atoms with Crippen LogP contribution in [-0.4, -0.2) is 11.7 Å². The van der Waals surface area contributed by atoms with Crippen LogP contribution in [0.3, 0.4) is 0 Å². The van der Waals surface area contributed by atoms with Crippen molar-refractivity contribution in [2.24, 2.45) is 17.6 Å². The summed E-state index contributed by atoms with van der Waals surface area (Å²) in [5, 5.41) is 10.4. The van der Waals surface area contributed by atoms with E-state index in [2.05, 4.69) is 26.0 Å². The van der Waals surface area contributed by atoms with E-state index in [0.717, 1.165) is 12.0 Å². The molecule has 2 rings (SSSR count). The molecule has 2 atom stereocenters. The minimum absolute atomic E-state index is 0.130. The van der Waals surface area contributed by atoms with Gasteiger partial charge in [-0.05, 0) is 35.6 Å². The van der Waals surface area contributed by atoms with Gasteiger partial charge in [0.15, 0.2) is 0 Å². The van der Waals surface area contributed by atoms with Crippen LogP contribution in [-0.2, 0) is 18.0 Å². The van der Waals surface area contributed by atoms with Gasteiger partial charge in [-0.1, -0.05) is 32.0 Å². The smallest absolute Gasteiger partial charge is 0.0830 e. The Balaban J connectivity index is 2.14. The van der Waals surface area contributed by atoms with Gasteiger partial charge in [0.25, 0.3) is 0 Å². The molecule has 0 saturated heterocycles. The fourth-order valence-electron chi connectivity index (χ4n) is 2.61. The lowest BCUT2D eigenvalue weighted by molar-refractivity contribution is 0.0993. The summed E-state index contributed by atoms with van der Waals surface area (Å²) in [4.78, 5) is 0. The zero-order chi connectivity index (χ0) is 13.1. The first-order chi connectivity index (χ1) is 8.61. The van der Waals surface area contributed by atoms with Gasteiger partial charge in [0.2, 0.25) is 0 Å². The number of aliphatic hydroxyl groups is 1. The molecule has 3 nitrogen and oxygen atoms in total. The number of benzene rings is 1. The highest BCUT2D eigenvalue weighted by molar-refractivity contribution is 5.34. The predicted molar refractivity (Wildman–Crippen MR) is 71.9 cm³/mol. The van der Waals surface area contributed by atoms with Gasteiger partial charge in [0, 0.05) is 5.92 Å². The number of aliphatic hydroxyl groups excluding tert-OH is 1. The molecule has 0 bridgehead atoms. The molecule has 1 aliphatic heterocycles. The highest BCUT2D eigenvalue weighted by Gasteiger charge is 2.22. The molecule has 0 fully saturated rings. The summed E-state index contributed by atoms with van der Waals surface area (Å²) >= 11 is 0. The molecule has 0 spiro atoms. The maximum absolute atomic E-state index is 10.4. The Morgan fingerprint density at radius 2 is 2.00 bits per heavy atom. The summed E-state index contributed by atoms with van der Waals surface area (Å²) in [5.41, 5.74) is 9.19. The molecular formula is C15H23NO2. The van der Waals surface area contributed by atoms with Crippen LogP contribution in [0.1, 0.15) is 43.1 Å². The second-order valence-electron chi connectivity index (χ2n) is 5.59. The summed E-state index contributed by atoms with van der Waals surface area (Å²) in [6.45, 7) is 6.19. The van der Waals surface area contributed by atoms with Gasteiger partial charge in [-0.25, -0.2) is 0 Å². The van der Waals surface area contributed by atoms with Crippen molar-refractivity contribution in [1.82, 2.24) is 0 Å². The van der Waals surface area contributed by atoms with E-state index in [0.29, 0.717) is 25.7 Å². The Hall–Kier alpha value is -0.900. The van der Waals surface area contributed by atoms with Crippen molar-refractivity contribution in [3.8, 4) is 0 Å². The summed E-state index contributed by atoms with van der Waals surface area (Å²) in [6.07, 6.45) is 0.480. The van der Waals surface area contributed by atoms with Crippen molar-refractivity contribution >= 4 is 0 Å². The zero-order valence-electron chi connectivity index (χ0n) is 11.2. The van der Waals surface area contributed by atoms with Crippen LogP contribution in [0, 0.1) is 11.8 Å². The van der Waals surface area contributed by atoms with Crippen LogP contribution in [0.5, 0.6) is 0 Å². The lowest BCUT2D eigenvalue weighted by Gasteiger charge is -2.23. The molecule has 0 saturated carbocycles. The number of fused-ring (bicyclic) bond motifs is 1. The van der Waals surface area contributed by atoms with Crippen LogP contribution in [0.25, 0.3) is 0 Å². The van der Waals surface area contributed by atoms with Crippen molar-refractivity contribution in [2.75, 3.05) is 6.54 Å². The topological polar surface area (TPSA) is 55.5 Å². The summed E-state index contributed by atoms with van der Waals surface area (Å²) < 4.78 is 5.39. The molecule has 1 aliphatic rings.